The van der Waals surface area contributed by atoms with Crippen molar-refractivity contribution in [3.8, 4) is 22.8 Å². The van der Waals surface area contributed by atoms with Crippen LogP contribution in [-0.2, 0) is 0 Å². The molecule has 20 heavy (non-hydrogen) atoms. The van der Waals surface area contributed by atoms with Crippen LogP contribution in [0.15, 0.2) is 77.4 Å². The lowest BCUT2D eigenvalue weighted by molar-refractivity contribution is 0.463. The van der Waals surface area contributed by atoms with Crippen molar-refractivity contribution in [2.24, 2.45) is 0 Å². The van der Waals surface area contributed by atoms with Gasteiger partial charge in [0.15, 0.2) is 0 Å². The van der Waals surface area contributed by atoms with E-state index in [1.165, 1.54) is 0 Å². The van der Waals surface area contributed by atoms with Gasteiger partial charge in [-0.05, 0) is 33.6 Å². The van der Waals surface area contributed by atoms with Crippen LogP contribution in [0.1, 0.15) is 0 Å². The average Bonchev–Trinajstić information content (AvgIpc) is 2.49. The molecule has 0 amide bonds. The highest BCUT2D eigenvalue weighted by Gasteiger charge is 2.07. The van der Waals surface area contributed by atoms with E-state index in [1.807, 2.05) is 60.7 Å². The molecule has 0 atom stereocenters. The quantitative estimate of drug-likeness (QED) is 0.609. The van der Waals surface area contributed by atoms with Crippen molar-refractivity contribution in [3.63, 3.8) is 0 Å². The Kier molecular flexibility index (Phi) is 3.79. The molecule has 0 aliphatic carbocycles. The maximum atomic E-state index is 5.90. The Labute approximate surface area is 126 Å². The highest BCUT2D eigenvalue weighted by molar-refractivity contribution is 9.10. The maximum Gasteiger partial charge on any atom is 0.220 e. The van der Waals surface area contributed by atoms with Gasteiger partial charge in [-0.2, -0.15) is 0 Å². The molecule has 3 heteroatoms. The van der Waals surface area contributed by atoms with E-state index < -0.39 is 0 Å². The zero-order valence-corrected chi connectivity index (χ0v) is 12.2. The van der Waals surface area contributed by atoms with Crippen LogP contribution in [0.2, 0.25) is 0 Å². The first-order valence-electron chi connectivity index (χ1n) is 6.28. The summed E-state index contributed by atoms with van der Waals surface area (Å²) in [4.78, 5) is 4.30. The Morgan fingerprint density at radius 3 is 2.30 bits per heavy atom. The normalized spacial score (nSPS) is 10.2. The van der Waals surface area contributed by atoms with Gasteiger partial charge in [0, 0.05) is 11.6 Å². The molecule has 0 saturated heterocycles. The van der Waals surface area contributed by atoms with Gasteiger partial charge in [0.2, 0.25) is 5.88 Å². The van der Waals surface area contributed by atoms with Gasteiger partial charge >= 0.3 is 0 Å². The van der Waals surface area contributed by atoms with Crippen molar-refractivity contribution >= 4 is 15.9 Å². The number of aromatic nitrogens is 1. The van der Waals surface area contributed by atoms with Crippen molar-refractivity contribution in [1.82, 2.24) is 4.98 Å². The minimum Gasteiger partial charge on any atom is -0.438 e. The maximum absolute atomic E-state index is 5.90. The van der Waals surface area contributed by atoms with Crippen molar-refractivity contribution in [1.29, 1.82) is 0 Å². The summed E-state index contributed by atoms with van der Waals surface area (Å²) in [6.07, 6.45) is 0. The number of halogens is 1. The second-order valence-electron chi connectivity index (χ2n) is 4.26. The lowest BCUT2D eigenvalue weighted by Crippen LogP contribution is -1.90. The van der Waals surface area contributed by atoms with Gasteiger partial charge in [-0.3, -0.25) is 0 Å². The summed E-state index contributed by atoms with van der Waals surface area (Å²) in [7, 11) is 0. The molecule has 0 bridgehead atoms. The van der Waals surface area contributed by atoms with Crippen molar-refractivity contribution < 1.29 is 4.74 Å². The Balaban J connectivity index is 1.99. The fraction of sp³-hybridized carbons (Fsp3) is 0. The topological polar surface area (TPSA) is 22.1 Å². The van der Waals surface area contributed by atoms with Crippen LogP contribution in [0.5, 0.6) is 11.6 Å². The molecule has 2 aromatic carbocycles. The number of ether oxygens (including phenoxy) is 1. The van der Waals surface area contributed by atoms with Gasteiger partial charge in [0.1, 0.15) is 10.4 Å². The molecule has 0 spiro atoms. The smallest absolute Gasteiger partial charge is 0.220 e. The SMILES string of the molecule is Brc1cccc(Oc2ccccc2-c2ccccc2)n1. The van der Waals surface area contributed by atoms with Crippen LogP contribution >= 0.6 is 15.9 Å². The summed E-state index contributed by atoms with van der Waals surface area (Å²) < 4.78 is 6.66. The summed E-state index contributed by atoms with van der Waals surface area (Å²) in [5.74, 6) is 1.37. The first kappa shape index (κ1) is 12.9. The molecule has 0 radical (unpaired) electrons. The fourth-order valence-corrected chi connectivity index (χ4v) is 2.30. The number of hydrogen-bond donors (Lipinski definition) is 0. The zero-order valence-electron chi connectivity index (χ0n) is 10.7. The average molecular weight is 326 g/mol. The Morgan fingerprint density at radius 2 is 1.50 bits per heavy atom. The summed E-state index contributed by atoms with van der Waals surface area (Å²) in [6, 6.07) is 23.7. The summed E-state index contributed by atoms with van der Waals surface area (Å²) in [6.45, 7) is 0. The highest BCUT2D eigenvalue weighted by Crippen LogP contribution is 2.32. The van der Waals surface area contributed by atoms with E-state index in [0.717, 1.165) is 21.5 Å². The van der Waals surface area contributed by atoms with Crippen LogP contribution < -0.4 is 4.74 Å². The van der Waals surface area contributed by atoms with Crippen LogP contribution in [0.4, 0.5) is 0 Å². The highest BCUT2D eigenvalue weighted by atomic mass is 79.9. The molecule has 0 saturated carbocycles. The van der Waals surface area contributed by atoms with E-state index in [9.17, 15) is 0 Å². The van der Waals surface area contributed by atoms with E-state index in [-0.39, 0.29) is 0 Å². The molecule has 1 aromatic heterocycles. The number of pyridine rings is 1. The Bertz CT molecular complexity index is 713. The number of nitrogens with zero attached hydrogens (tertiary/aromatic N) is 1. The van der Waals surface area contributed by atoms with E-state index >= 15 is 0 Å². The van der Waals surface area contributed by atoms with Gasteiger partial charge in [0.25, 0.3) is 0 Å². The zero-order chi connectivity index (χ0) is 13.8. The lowest BCUT2D eigenvalue weighted by atomic mass is 10.1. The van der Waals surface area contributed by atoms with Crippen molar-refractivity contribution in [2.45, 2.75) is 0 Å². The molecule has 2 nitrogen and oxygen atoms in total. The molecule has 0 aliphatic heterocycles. The minimum atomic E-state index is 0.572. The molecular formula is C17H12BrNO. The van der Waals surface area contributed by atoms with E-state index in [2.05, 4.69) is 33.0 Å². The van der Waals surface area contributed by atoms with E-state index in [0.29, 0.717) is 5.88 Å². The molecular weight excluding hydrogens is 314 g/mol. The number of hydrogen-bond acceptors (Lipinski definition) is 2. The molecule has 0 unspecified atom stereocenters. The first-order chi connectivity index (χ1) is 9.83. The second kappa shape index (κ2) is 5.88. The van der Waals surface area contributed by atoms with Crippen LogP contribution in [0.25, 0.3) is 11.1 Å². The van der Waals surface area contributed by atoms with Gasteiger partial charge in [-0.15, -0.1) is 0 Å². The van der Waals surface area contributed by atoms with Gasteiger partial charge in [-0.1, -0.05) is 54.6 Å². The lowest BCUT2D eigenvalue weighted by Gasteiger charge is -2.10. The van der Waals surface area contributed by atoms with Crippen LogP contribution in [0, 0.1) is 0 Å². The molecule has 1 heterocycles. The van der Waals surface area contributed by atoms with Gasteiger partial charge < -0.3 is 4.74 Å². The first-order valence-corrected chi connectivity index (χ1v) is 7.07. The minimum absolute atomic E-state index is 0.572. The van der Waals surface area contributed by atoms with Crippen LogP contribution in [0.3, 0.4) is 0 Å². The Morgan fingerprint density at radius 1 is 0.750 bits per heavy atom. The molecule has 0 aliphatic rings. The molecule has 98 valence electrons. The molecule has 0 fully saturated rings. The largest absolute Gasteiger partial charge is 0.438 e. The number of benzene rings is 2. The third-order valence-electron chi connectivity index (χ3n) is 2.88. The third-order valence-corrected chi connectivity index (χ3v) is 3.32. The predicted molar refractivity (Wildman–Crippen MR) is 83.9 cm³/mol. The van der Waals surface area contributed by atoms with Crippen molar-refractivity contribution in [3.05, 3.63) is 77.4 Å². The predicted octanol–water partition coefficient (Wildman–Crippen LogP) is 5.30. The second-order valence-corrected chi connectivity index (χ2v) is 5.08. The molecule has 3 aromatic rings. The summed E-state index contributed by atoms with van der Waals surface area (Å²) in [5.41, 5.74) is 2.17. The van der Waals surface area contributed by atoms with Gasteiger partial charge in [0.05, 0.1) is 0 Å². The summed E-state index contributed by atoms with van der Waals surface area (Å²) in [5, 5.41) is 0. The Hall–Kier alpha value is -2.13. The van der Waals surface area contributed by atoms with E-state index in [4.69, 9.17) is 4.74 Å². The molecule has 3 rings (SSSR count). The van der Waals surface area contributed by atoms with Crippen molar-refractivity contribution in [2.75, 3.05) is 0 Å². The monoisotopic (exact) mass is 325 g/mol. The fourth-order valence-electron chi connectivity index (χ4n) is 1.97. The van der Waals surface area contributed by atoms with Crippen LogP contribution in [-0.4, -0.2) is 4.98 Å². The van der Waals surface area contributed by atoms with Gasteiger partial charge in [-0.25, -0.2) is 4.98 Å². The summed E-state index contributed by atoms with van der Waals surface area (Å²) >= 11 is 3.35. The third kappa shape index (κ3) is 2.89. The number of rotatable bonds is 3. The van der Waals surface area contributed by atoms with E-state index in [1.54, 1.807) is 0 Å². The standard InChI is InChI=1S/C17H12BrNO/c18-16-11-6-12-17(19-16)20-15-10-5-4-9-14(15)13-7-2-1-3-8-13/h1-12H. The molecule has 0 N–H and O–H groups in total. The number of para-hydroxylation sites is 1.